The van der Waals surface area contributed by atoms with Crippen molar-refractivity contribution in [3.8, 4) is 0 Å². The van der Waals surface area contributed by atoms with E-state index in [1.807, 2.05) is 0 Å². The second kappa shape index (κ2) is 5.64. The molecular formula is C15H21F3N2. The van der Waals surface area contributed by atoms with Crippen LogP contribution in [0.2, 0.25) is 0 Å². The van der Waals surface area contributed by atoms with E-state index in [0.717, 1.165) is 31.4 Å². The van der Waals surface area contributed by atoms with Gasteiger partial charge in [0.2, 0.25) is 0 Å². The van der Waals surface area contributed by atoms with Crippen molar-refractivity contribution in [1.29, 1.82) is 0 Å². The van der Waals surface area contributed by atoms with Gasteiger partial charge in [0.1, 0.15) is 0 Å². The number of nitrogens with two attached hydrogens (primary N) is 1. The molecule has 2 atom stereocenters. The van der Waals surface area contributed by atoms with E-state index in [-0.39, 0.29) is 5.54 Å². The summed E-state index contributed by atoms with van der Waals surface area (Å²) in [6.07, 6.45) is -0.0642. The molecule has 0 saturated heterocycles. The normalized spacial score (nSPS) is 27.4. The maximum Gasteiger partial charge on any atom is 0.416 e. The van der Waals surface area contributed by atoms with Crippen LogP contribution in [0.3, 0.4) is 0 Å². The van der Waals surface area contributed by atoms with Crippen LogP contribution in [0.4, 0.5) is 18.9 Å². The zero-order chi connectivity index (χ0) is 14.8. The number of benzene rings is 1. The molecule has 1 fully saturated rings. The Morgan fingerprint density at radius 1 is 1.30 bits per heavy atom. The largest absolute Gasteiger partial charge is 0.416 e. The quantitative estimate of drug-likeness (QED) is 0.880. The molecule has 0 aliphatic heterocycles. The van der Waals surface area contributed by atoms with E-state index in [0.29, 0.717) is 18.2 Å². The first-order valence-corrected chi connectivity index (χ1v) is 7.00. The van der Waals surface area contributed by atoms with E-state index >= 15 is 0 Å². The molecule has 0 heterocycles. The maximum absolute atomic E-state index is 12.5. The van der Waals surface area contributed by atoms with Crippen molar-refractivity contribution in [3.63, 3.8) is 0 Å². The third kappa shape index (κ3) is 3.45. The predicted octanol–water partition coefficient (Wildman–Crippen LogP) is 4.02. The Morgan fingerprint density at radius 2 is 1.95 bits per heavy atom. The van der Waals surface area contributed by atoms with Crippen molar-refractivity contribution in [2.75, 3.05) is 11.9 Å². The van der Waals surface area contributed by atoms with Gasteiger partial charge in [-0.25, -0.2) is 0 Å². The zero-order valence-corrected chi connectivity index (χ0v) is 11.6. The lowest BCUT2D eigenvalue weighted by molar-refractivity contribution is -0.137. The average Bonchev–Trinajstić information content (AvgIpc) is 2.38. The molecule has 112 valence electrons. The van der Waals surface area contributed by atoms with E-state index in [2.05, 4.69) is 12.2 Å². The summed E-state index contributed by atoms with van der Waals surface area (Å²) in [5.41, 5.74) is 5.80. The van der Waals surface area contributed by atoms with Crippen LogP contribution in [-0.2, 0) is 6.18 Å². The number of hydrogen-bond donors (Lipinski definition) is 2. The molecule has 1 aromatic carbocycles. The first-order valence-electron chi connectivity index (χ1n) is 7.00. The predicted molar refractivity (Wildman–Crippen MR) is 74.5 cm³/mol. The molecule has 0 spiro atoms. The van der Waals surface area contributed by atoms with Gasteiger partial charge in [0.15, 0.2) is 0 Å². The van der Waals surface area contributed by atoms with Crippen LogP contribution in [0.25, 0.3) is 0 Å². The van der Waals surface area contributed by atoms with Gasteiger partial charge in [-0.1, -0.05) is 19.8 Å². The maximum atomic E-state index is 12.5. The van der Waals surface area contributed by atoms with Crippen LogP contribution in [0, 0.1) is 5.92 Å². The lowest BCUT2D eigenvalue weighted by Gasteiger charge is -2.40. The van der Waals surface area contributed by atoms with Gasteiger partial charge >= 0.3 is 6.18 Å². The lowest BCUT2D eigenvalue weighted by atomic mass is 9.76. The van der Waals surface area contributed by atoms with Crippen molar-refractivity contribution in [1.82, 2.24) is 0 Å². The Balaban J connectivity index is 2.12. The Labute approximate surface area is 117 Å². The van der Waals surface area contributed by atoms with E-state index in [4.69, 9.17) is 5.73 Å². The molecule has 0 bridgehead atoms. The smallest absolute Gasteiger partial charge is 0.378 e. The molecule has 0 aromatic heterocycles. The van der Waals surface area contributed by atoms with Crippen LogP contribution in [-0.4, -0.2) is 12.1 Å². The summed E-state index contributed by atoms with van der Waals surface area (Å²) in [5.74, 6) is 0.592. The number of nitrogens with one attached hydrogen (secondary N) is 1. The van der Waals surface area contributed by atoms with Crippen molar-refractivity contribution >= 4 is 5.69 Å². The minimum absolute atomic E-state index is 0.183. The minimum Gasteiger partial charge on any atom is -0.378 e. The summed E-state index contributed by atoms with van der Waals surface area (Å²) in [6.45, 7) is 2.69. The fraction of sp³-hybridized carbons (Fsp3) is 0.600. The van der Waals surface area contributed by atoms with Gasteiger partial charge in [0.25, 0.3) is 0 Å². The first-order chi connectivity index (χ1) is 9.35. The third-order valence-electron chi connectivity index (χ3n) is 4.10. The van der Waals surface area contributed by atoms with Crippen LogP contribution in [0.1, 0.15) is 38.2 Å². The van der Waals surface area contributed by atoms with Gasteiger partial charge in [-0.15, -0.1) is 0 Å². The highest BCUT2D eigenvalue weighted by Gasteiger charge is 2.34. The number of hydrogen-bond acceptors (Lipinski definition) is 2. The van der Waals surface area contributed by atoms with E-state index < -0.39 is 11.7 Å². The van der Waals surface area contributed by atoms with Gasteiger partial charge in [-0.05, 0) is 43.0 Å². The summed E-state index contributed by atoms with van der Waals surface area (Å²) in [6, 6.07) is 5.19. The van der Waals surface area contributed by atoms with Gasteiger partial charge in [-0.2, -0.15) is 13.2 Å². The van der Waals surface area contributed by atoms with Crippen LogP contribution in [0.5, 0.6) is 0 Å². The molecule has 1 aliphatic rings. The molecule has 2 unspecified atom stereocenters. The molecule has 1 aromatic rings. The molecular weight excluding hydrogens is 265 g/mol. The Morgan fingerprint density at radius 3 is 2.45 bits per heavy atom. The van der Waals surface area contributed by atoms with Crippen LogP contribution < -0.4 is 11.1 Å². The van der Waals surface area contributed by atoms with Crippen molar-refractivity contribution in [2.45, 2.75) is 44.3 Å². The number of alkyl halides is 3. The zero-order valence-electron chi connectivity index (χ0n) is 11.6. The van der Waals surface area contributed by atoms with Crippen LogP contribution >= 0.6 is 0 Å². The molecule has 2 nitrogen and oxygen atoms in total. The molecule has 20 heavy (non-hydrogen) atoms. The van der Waals surface area contributed by atoms with Crippen molar-refractivity contribution in [3.05, 3.63) is 29.8 Å². The molecule has 0 radical (unpaired) electrons. The monoisotopic (exact) mass is 286 g/mol. The van der Waals surface area contributed by atoms with Gasteiger partial charge in [0, 0.05) is 17.8 Å². The summed E-state index contributed by atoms with van der Waals surface area (Å²) in [5, 5.41) is 3.36. The molecule has 3 N–H and O–H groups in total. The summed E-state index contributed by atoms with van der Waals surface area (Å²) in [4.78, 5) is 0. The summed E-state index contributed by atoms with van der Waals surface area (Å²) in [7, 11) is 0. The summed E-state index contributed by atoms with van der Waals surface area (Å²) >= 11 is 0. The highest BCUT2D eigenvalue weighted by Crippen LogP contribution is 2.35. The Bertz CT molecular complexity index is 441. The fourth-order valence-corrected chi connectivity index (χ4v) is 3.06. The highest BCUT2D eigenvalue weighted by molar-refractivity contribution is 5.47. The van der Waals surface area contributed by atoms with Gasteiger partial charge in [-0.3, -0.25) is 0 Å². The second-order valence-electron chi connectivity index (χ2n) is 5.89. The number of rotatable bonds is 3. The Hall–Kier alpha value is -1.23. The minimum atomic E-state index is -4.29. The van der Waals surface area contributed by atoms with Crippen LogP contribution in [0.15, 0.2) is 24.3 Å². The summed E-state index contributed by atoms with van der Waals surface area (Å²) < 4.78 is 37.6. The average molecular weight is 286 g/mol. The molecule has 2 rings (SSSR count). The number of halogens is 3. The topological polar surface area (TPSA) is 38.0 Å². The molecule has 1 saturated carbocycles. The van der Waals surface area contributed by atoms with Gasteiger partial charge < -0.3 is 11.1 Å². The van der Waals surface area contributed by atoms with Crippen molar-refractivity contribution in [2.24, 2.45) is 11.7 Å². The lowest BCUT2D eigenvalue weighted by Crippen LogP contribution is -2.48. The van der Waals surface area contributed by atoms with E-state index in [9.17, 15) is 13.2 Å². The Kier molecular flexibility index (Phi) is 4.28. The SMILES string of the molecule is CC1CCCC(CN)(Nc2ccc(C(F)(F)F)cc2)C1. The van der Waals surface area contributed by atoms with Crippen molar-refractivity contribution < 1.29 is 13.2 Å². The number of anilines is 1. The standard InChI is InChI=1S/C15H21F3N2/c1-11-3-2-8-14(9-11,10-19)20-13-6-4-12(5-7-13)15(16,17)18/h4-7,11,20H,2-3,8-10,19H2,1H3. The molecule has 5 heteroatoms. The highest BCUT2D eigenvalue weighted by atomic mass is 19.4. The molecule has 1 aliphatic carbocycles. The molecule has 0 amide bonds. The fourth-order valence-electron chi connectivity index (χ4n) is 3.06. The van der Waals surface area contributed by atoms with Gasteiger partial charge in [0.05, 0.1) is 5.56 Å². The second-order valence-corrected chi connectivity index (χ2v) is 5.89. The first kappa shape index (κ1) is 15.2. The van der Waals surface area contributed by atoms with E-state index in [1.165, 1.54) is 18.6 Å². The van der Waals surface area contributed by atoms with E-state index in [1.54, 1.807) is 0 Å². The third-order valence-corrected chi connectivity index (χ3v) is 4.10.